The van der Waals surface area contributed by atoms with Gasteiger partial charge in [-0.15, -0.1) is 0 Å². The summed E-state index contributed by atoms with van der Waals surface area (Å²) in [4.78, 5) is 0. The fourth-order valence-corrected chi connectivity index (χ4v) is 1.05. The van der Waals surface area contributed by atoms with E-state index in [1.807, 2.05) is 0 Å². The summed E-state index contributed by atoms with van der Waals surface area (Å²) < 4.78 is 23.8. The maximum absolute atomic E-state index is 12.2. The van der Waals surface area contributed by atoms with E-state index in [1.165, 1.54) is 0 Å². The van der Waals surface area contributed by atoms with E-state index in [0.29, 0.717) is 12.8 Å². The minimum absolute atomic E-state index is 0.209. The maximum atomic E-state index is 12.2. The number of rotatable bonds is 7. The van der Waals surface area contributed by atoms with Crippen LogP contribution in [0.4, 0.5) is 8.78 Å². The highest BCUT2D eigenvalue weighted by molar-refractivity contribution is 4.49. The Hall–Kier alpha value is -0.140. The predicted molar refractivity (Wildman–Crippen MR) is 44.2 cm³/mol. The molecule has 68 valence electrons. The molecule has 0 aromatic heterocycles. The Morgan fingerprint density at radius 1 is 1.00 bits per heavy atom. The molecule has 11 heavy (non-hydrogen) atoms. The van der Waals surface area contributed by atoms with E-state index in [-0.39, 0.29) is 6.67 Å². The normalized spacial score (nSPS) is 13.4. The lowest BCUT2D eigenvalue weighted by atomic mass is 10.1. The monoisotopic (exact) mass is 164 g/mol. The van der Waals surface area contributed by atoms with Crippen molar-refractivity contribution in [3.63, 3.8) is 0 Å². The largest absolute Gasteiger partial charge is 0.251 e. The molecule has 0 heterocycles. The molecule has 0 fully saturated rings. The highest BCUT2D eigenvalue weighted by atomic mass is 19.1. The number of unbranched alkanes of at least 4 members (excludes halogenated alkanes) is 4. The maximum Gasteiger partial charge on any atom is 0.0973 e. The first-order valence-electron chi connectivity index (χ1n) is 4.47. The molecule has 1 unspecified atom stereocenters. The fraction of sp³-hybridized carbons (Fsp3) is 1.00. The van der Waals surface area contributed by atoms with Gasteiger partial charge in [-0.1, -0.05) is 25.7 Å². The van der Waals surface area contributed by atoms with Crippen molar-refractivity contribution in [1.29, 1.82) is 0 Å². The van der Waals surface area contributed by atoms with Crippen LogP contribution in [0.1, 0.15) is 45.4 Å². The van der Waals surface area contributed by atoms with Crippen LogP contribution in [0.2, 0.25) is 0 Å². The SMILES string of the molecule is CC(F)CCCCCCCF. The molecule has 0 bridgehead atoms. The van der Waals surface area contributed by atoms with Gasteiger partial charge in [-0.2, -0.15) is 0 Å². The number of alkyl halides is 2. The molecular formula is C9H18F2. The Bertz CT molecular complexity index is 72.0. The Morgan fingerprint density at radius 2 is 1.55 bits per heavy atom. The summed E-state index contributed by atoms with van der Waals surface area (Å²) in [6.45, 7) is 1.38. The van der Waals surface area contributed by atoms with Crippen LogP contribution < -0.4 is 0 Å². The molecule has 0 nitrogen and oxygen atoms in total. The smallest absolute Gasteiger partial charge is 0.0973 e. The highest BCUT2D eigenvalue weighted by Gasteiger charge is 1.96. The van der Waals surface area contributed by atoms with E-state index < -0.39 is 6.17 Å². The lowest BCUT2D eigenvalue weighted by Crippen LogP contribution is -1.91. The van der Waals surface area contributed by atoms with Gasteiger partial charge in [0, 0.05) is 0 Å². The van der Waals surface area contributed by atoms with E-state index in [1.54, 1.807) is 6.92 Å². The van der Waals surface area contributed by atoms with Gasteiger partial charge in [0.25, 0.3) is 0 Å². The van der Waals surface area contributed by atoms with Crippen molar-refractivity contribution in [2.24, 2.45) is 0 Å². The molecule has 0 spiro atoms. The van der Waals surface area contributed by atoms with Gasteiger partial charge >= 0.3 is 0 Å². The van der Waals surface area contributed by atoms with Crippen LogP contribution in [-0.4, -0.2) is 12.8 Å². The third-order valence-electron chi connectivity index (χ3n) is 1.74. The van der Waals surface area contributed by atoms with Crippen molar-refractivity contribution >= 4 is 0 Å². The van der Waals surface area contributed by atoms with Crippen LogP contribution in [-0.2, 0) is 0 Å². The minimum atomic E-state index is -0.670. The quantitative estimate of drug-likeness (QED) is 0.504. The Morgan fingerprint density at radius 3 is 2.09 bits per heavy atom. The van der Waals surface area contributed by atoms with Crippen molar-refractivity contribution in [3.05, 3.63) is 0 Å². The molecular weight excluding hydrogens is 146 g/mol. The van der Waals surface area contributed by atoms with Crippen LogP contribution in [0.15, 0.2) is 0 Å². The molecule has 1 atom stereocenters. The first-order chi connectivity index (χ1) is 5.27. The van der Waals surface area contributed by atoms with Gasteiger partial charge in [-0.25, -0.2) is 4.39 Å². The molecule has 0 radical (unpaired) electrons. The zero-order valence-electron chi connectivity index (χ0n) is 7.28. The van der Waals surface area contributed by atoms with Crippen LogP contribution in [0.25, 0.3) is 0 Å². The average Bonchev–Trinajstić information content (AvgIpc) is 1.96. The van der Waals surface area contributed by atoms with E-state index in [9.17, 15) is 8.78 Å². The van der Waals surface area contributed by atoms with Gasteiger partial charge in [-0.05, 0) is 19.8 Å². The molecule has 0 aromatic rings. The van der Waals surface area contributed by atoms with Crippen LogP contribution in [0, 0.1) is 0 Å². The van der Waals surface area contributed by atoms with Crippen molar-refractivity contribution in [2.75, 3.05) is 6.67 Å². The molecule has 0 saturated carbocycles. The standard InChI is InChI=1S/C9H18F2/c1-9(11)7-5-3-2-4-6-8-10/h9H,2-8H2,1H3. The first-order valence-corrected chi connectivity index (χ1v) is 4.47. The third-order valence-corrected chi connectivity index (χ3v) is 1.74. The molecule has 0 aliphatic carbocycles. The van der Waals surface area contributed by atoms with Gasteiger partial charge in [0.1, 0.15) is 0 Å². The number of halogens is 2. The van der Waals surface area contributed by atoms with Crippen LogP contribution >= 0.6 is 0 Å². The Kier molecular flexibility index (Phi) is 7.86. The van der Waals surface area contributed by atoms with Crippen molar-refractivity contribution < 1.29 is 8.78 Å². The van der Waals surface area contributed by atoms with Gasteiger partial charge in [0.15, 0.2) is 0 Å². The summed E-state index contributed by atoms with van der Waals surface area (Å²) in [5.41, 5.74) is 0. The summed E-state index contributed by atoms with van der Waals surface area (Å²) in [5, 5.41) is 0. The Labute approximate surface area is 68.0 Å². The van der Waals surface area contributed by atoms with Crippen molar-refractivity contribution in [2.45, 2.75) is 51.6 Å². The average molecular weight is 164 g/mol. The van der Waals surface area contributed by atoms with E-state index in [0.717, 1.165) is 25.7 Å². The Balaban J connectivity index is 2.80. The molecule has 2 heteroatoms. The summed E-state index contributed by atoms with van der Waals surface area (Å²) in [5.74, 6) is 0. The molecule has 0 amide bonds. The van der Waals surface area contributed by atoms with Crippen LogP contribution in [0.5, 0.6) is 0 Å². The van der Waals surface area contributed by atoms with Gasteiger partial charge in [0.05, 0.1) is 12.8 Å². The number of hydrogen-bond donors (Lipinski definition) is 0. The van der Waals surface area contributed by atoms with Crippen molar-refractivity contribution in [1.82, 2.24) is 0 Å². The van der Waals surface area contributed by atoms with Crippen LogP contribution in [0.3, 0.4) is 0 Å². The van der Waals surface area contributed by atoms with Gasteiger partial charge in [-0.3, -0.25) is 4.39 Å². The summed E-state index contributed by atoms with van der Waals surface area (Å²) in [7, 11) is 0. The minimum Gasteiger partial charge on any atom is -0.251 e. The van der Waals surface area contributed by atoms with E-state index in [4.69, 9.17) is 0 Å². The fourth-order valence-electron chi connectivity index (χ4n) is 1.05. The zero-order valence-corrected chi connectivity index (χ0v) is 7.28. The van der Waals surface area contributed by atoms with E-state index in [2.05, 4.69) is 0 Å². The third kappa shape index (κ3) is 9.86. The second kappa shape index (κ2) is 7.96. The lowest BCUT2D eigenvalue weighted by Gasteiger charge is -2.00. The molecule has 0 N–H and O–H groups in total. The lowest BCUT2D eigenvalue weighted by molar-refractivity contribution is 0.329. The first kappa shape index (κ1) is 10.9. The number of hydrogen-bond acceptors (Lipinski definition) is 0. The van der Waals surface area contributed by atoms with Gasteiger partial charge < -0.3 is 0 Å². The summed E-state index contributed by atoms with van der Waals surface area (Å²) in [6.07, 6.45) is 4.67. The highest BCUT2D eigenvalue weighted by Crippen LogP contribution is 2.08. The molecule has 0 saturated heterocycles. The molecule has 0 aliphatic rings. The molecule has 0 aliphatic heterocycles. The predicted octanol–water partition coefficient (Wildman–Crippen LogP) is 3.65. The second-order valence-electron chi connectivity index (χ2n) is 3.03. The second-order valence-corrected chi connectivity index (χ2v) is 3.03. The zero-order chi connectivity index (χ0) is 8.53. The molecule has 0 aromatic carbocycles. The summed E-state index contributed by atoms with van der Waals surface area (Å²) >= 11 is 0. The van der Waals surface area contributed by atoms with Crippen molar-refractivity contribution in [3.8, 4) is 0 Å². The topological polar surface area (TPSA) is 0 Å². The summed E-state index contributed by atoms with van der Waals surface area (Å²) in [6, 6.07) is 0. The van der Waals surface area contributed by atoms with E-state index >= 15 is 0 Å². The van der Waals surface area contributed by atoms with Gasteiger partial charge in [0.2, 0.25) is 0 Å². The molecule has 0 rings (SSSR count).